The Labute approximate surface area is 194 Å². The first kappa shape index (κ1) is 26.2. The zero-order valence-electron chi connectivity index (χ0n) is 18.4. The van der Waals surface area contributed by atoms with Crippen LogP contribution in [0.2, 0.25) is 0 Å². The zero-order valence-corrected chi connectivity index (χ0v) is 20.7. The van der Waals surface area contributed by atoms with Crippen molar-refractivity contribution in [1.29, 1.82) is 0 Å². The average molecular weight is 517 g/mol. The van der Waals surface area contributed by atoms with Crippen LogP contribution in [-0.2, 0) is 22.6 Å². The van der Waals surface area contributed by atoms with Gasteiger partial charge in [0.15, 0.2) is 5.96 Å². The van der Waals surface area contributed by atoms with Crippen molar-refractivity contribution in [3.05, 3.63) is 35.4 Å². The molecule has 29 heavy (non-hydrogen) atoms. The van der Waals surface area contributed by atoms with Gasteiger partial charge in [-0.05, 0) is 43.2 Å². The van der Waals surface area contributed by atoms with E-state index in [-0.39, 0.29) is 24.0 Å². The summed E-state index contributed by atoms with van der Waals surface area (Å²) < 4.78 is 11.4. The van der Waals surface area contributed by atoms with Crippen LogP contribution in [0.15, 0.2) is 29.3 Å². The Morgan fingerprint density at radius 3 is 2.66 bits per heavy atom. The maximum atomic E-state index is 6.04. The second-order valence-corrected chi connectivity index (χ2v) is 7.95. The smallest absolute Gasteiger partial charge is 0.191 e. The molecule has 0 saturated carbocycles. The van der Waals surface area contributed by atoms with E-state index >= 15 is 0 Å². The Morgan fingerprint density at radius 2 is 1.93 bits per heavy atom. The fraction of sp³-hybridized carbons (Fsp3) is 0.696. The fourth-order valence-electron chi connectivity index (χ4n) is 3.27. The lowest BCUT2D eigenvalue weighted by atomic mass is 10.1. The summed E-state index contributed by atoms with van der Waals surface area (Å²) in [7, 11) is 0. The van der Waals surface area contributed by atoms with Gasteiger partial charge in [0.25, 0.3) is 0 Å². The van der Waals surface area contributed by atoms with Crippen LogP contribution in [0.5, 0.6) is 0 Å². The molecule has 1 aromatic rings. The quantitative estimate of drug-likeness (QED) is 0.190. The third-order valence-electron chi connectivity index (χ3n) is 4.91. The predicted molar refractivity (Wildman–Crippen MR) is 132 cm³/mol. The minimum absolute atomic E-state index is 0. The van der Waals surface area contributed by atoms with Crippen molar-refractivity contribution in [3.8, 4) is 0 Å². The van der Waals surface area contributed by atoms with E-state index < -0.39 is 0 Å². The van der Waals surface area contributed by atoms with Crippen molar-refractivity contribution in [2.45, 2.75) is 72.1 Å². The highest BCUT2D eigenvalue weighted by Crippen LogP contribution is 2.14. The number of nitrogens with zero attached hydrogens (tertiary/aromatic N) is 1. The number of hydrogen-bond donors (Lipinski definition) is 2. The molecule has 0 radical (unpaired) electrons. The molecule has 1 aliphatic heterocycles. The fourth-order valence-corrected chi connectivity index (χ4v) is 3.27. The van der Waals surface area contributed by atoms with E-state index in [2.05, 4.69) is 55.7 Å². The highest BCUT2D eigenvalue weighted by atomic mass is 127. The maximum absolute atomic E-state index is 6.04. The van der Waals surface area contributed by atoms with Gasteiger partial charge >= 0.3 is 0 Å². The van der Waals surface area contributed by atoms with E-state index in [9.17, 15) is 0 Å². The number of unbranched alkanes of at least 4 members (excludes halogenated alkanes) is 1. The van der Waals surface area contributed by atoms with Gasteiger partial charge in [-0.3, -0.25) is 0 Å². The molecule has 1 heterocycles. The van der Waals surface area contributed by atoms with Crippen molar-refractivity contribution in [3.63, 3.8) is 0 Å². The standard InChI is InChI=1S/C23H39N3O2.HI/c1-4-24-23(25-13-6-5-8-19(2)3)26-17-20-9-7-10-21(16-20)18-28-22-11-14-27-15-12-22;/h7,9-10,16,19,22H,4-6,8,11-15,17-18H2,1-3H3,(H2,24,25,26);1H. The highest BCUT2D eigenvalue weighted by Gasteiger charge is 2.14. The molecule has 0 unspecified atom stereocenters. The number of ether oxygens (including phenoxy) is 2. The van der Waals surface area contributed by atoms with Gasteiger partial charge in [0.05, 0.1) is 19.3 Å². The predicted octanol–water partition coefficient (Wildman–Crippen LogP) is 4.88. The van der Waals surface area contributed by atoms with E-state index in [0.29, 0.717) is 19.3 Å². The summed E-state index contributed by atoms with van der Waals surface area (Å²) in [5.41, 5.74) is 2.43. The van der Waals surface area contributed by atoms with Gasteiger partial charge in [-0.25, -0.2) is 4.99 Å². The van der Waals surface area contributed by atoms with Gasteiger partial charge in [0, 0.05) is 26.3 Å². The first-order chi connectivity index (χ1) is 13.7. The van der Waals surface area contributed by atoms with Crippen LogP contribution in [0, 0.1) is 5.92 Å². The minimum atomic E-state index is 0. The van der Waals surface area contributed by atoms with Crippen LogP contribution in [0.1, 0.15) is 64.0 Å². The summed E-state index contributed by atoms with van der Waals surface area (Å²) >= 11 is 0. The van der Waals surface area contributed by atoms with E-state index in [0.717, 1.165) is 51.0 Å². The molecular weight excluding hydrogens is 477 g/mol. The SMILES string of the molecule is CCNC(=NCc1cccc(COC2CCOCC2)c1)NCCCCC(C)C.I. The molecule has 2 rings (SSSR count). The van der Waals surface area contributed by atoms with Crippen molar-refractivity contribution in [2.24, 2.45) is 10.9 Å². The Morgan fingerprint density at radius 1 is 1.17 bits per heavy atom. The number of halogens is 1. The second kappa shape index (κ2) is 15.9. The van der Waals surface area contributed by atoms with Gasteiger partial charge in [-0.15, -0.1) is 24.0 Å². The number of guanidine groups is 1. The van der Waals surface area contributed by atoms with Crippen LogP contribution in [0.4, 0.5) is 0 Å². The Balaban J connectivity index is 0.00000420. The van der Waals surface area contributed by atoms with Gasteiger partial charge in [0.2, 0.25) is 0 Å². The number of nitrogens with one attached hydrogen (secondary N) is 2. The zero-order chi connectivity index (χ0) is 20.0. The normalized spacial score (nSPS) is 15.2. The first-order valence-corrected chi connectivity index (χ1v) is 11.0. The molecule has 0 aliphatic carbocycles. The second-order valence-electron chi connectivity index (χ2n) is 7.95. The number of aliphatic imine (C=N–C) groups is 1. The van der Waals surface area contributed by atoms with Crippen molar-refractivity contribution >= 4 is 29.9 Å². The Hall–Kier alpha value is -0.860. The minimum Gasteiger partial charge on any atom is -0.381 e. The highest BCUT2D eigenvalue weighted by molar-refractivity contribution is 14.0. The van der Waals surface area contributed by atoms with Crippen molar-refractivity contribution in [2.75, 3.05) is 26.3 Å². The third kappa shape index (κ3) is 11.8. The number of benzene rings is 1. The largest absolute Gasteiger partial charge is 0.381 e. The summed E-state index contributed by atoms with van der Waals surface area (Å²) in [6.07, 6.45) is 6.06. The molecule has 0 atom stereocenters. The first-order valence-electron chi connectivity index (χ1n) is 11.0. The van der Waals surface area contributed by atoms with Crippen LogP contribution in [-0.4, -0.2) is 38.4 Å². The third-order valence-corrected chi connectivity index (χ3v) is 4.91. The molecule has 1 aliphatic rings. The number of hydrogen-bond acceptors (Lipinski definition) is 3. The van der Waals surface area contributed by atoms with E-state index in [1.807, 2.05) is 0 Å². The summed E-state index contributed by atoms with van der Waals surface area (Å²) in [5.74, 6) is 1.68. The molecule has 166 valence electrons. The Bertz CT molecular complexity index is 575. The monoisotopic (exact) mass is 517 g/mol. The molecule has 1 aromatic carbocycles. The van der Waals surface area contributed by atoms with Crippen molar-refractivity contribution < 1.29 is 9.47 Å². The molecule has 2 N–H and O–H groups in total. The molecule has 0 bridgehead atoms. The average Bonchev–Trinajstić information content (AvgIpc) is 2.71. The molecule has 5 nitrogen and oxygen atoms in total. The van der Waals surface area contributed by atoms with Gasteiger partial charge in [-0.2, -0.15) is 0 Å². The molecule has 1 saturated heterocycles. The van der Waals surface area contributed by atoms with E-state index in [1.165, 1.54) is 30.4 Å². The lowest BCUT2D eigenvalue weighted by molar-refractivity contribution is -0.0390. The number of rotatable bonds is 11. The Kier molecular flexibility index (Phi) is 14.4. The summed E-state index contributed by atoms with van der Waals surface area (Å²) in [6.45, 7) is 11.5. The van der Waals surface area contributed by atoms with Gasteiger partial charge in [-0.1, -0.05) is 51.0 Å². The van der Waals surface area contributed by atoms with E-state index in [4.69, 9.17) is 14.5 Å². The molecule has 6 heteroatoms. The molecule has 0 spiro atoms. The summed E-state index contributed by atoms with van der Waals surface area (Å²) in [4.78, 5) is 4.74. The molecular formula is C23H40IN3O2. The molecule has 0 amide bonds. The topological polar surface area (TPSA) is 54.9 Å². The lowest BCUT2D eigenvalue weighted by Gasteiger charge is -2.22. The molecule has 1 fully saturated rings. The summed E-state index contributed by atoms with van der Waals surface area (Å²) in [5, 5.41) is 6.79. The molecule has 0 aromatic heterocycles. The van der Waals surface area contributed by atoms with Crippen LogP contribution >= 0.6 is 24.0 Å². The van der Waals surface area contributed by atoms with Crippen LogP contribution in [0.25, 0.3) is 0 Å². The van der Waals surface area contributed by atoms with Gasteiger partial charge < -0.3 is 20.1 Å². The summed E-state index contributed by atoms with van der Waals surface area (Å²) in [6, 6.07) is 8.56. The lowest BCUT2D eigenvalue weighted by Crippen LogP contribution is -2.37. The van der Waals surface area contributed by atoms with E-state index in [1.54, 1.807) is 0 Å². The van der Waals surface area contributed by atoms with Crippen LogP contribution < -0.4 is 10.6 Å². The van der Waals surface area contributed by atoms with Gasteiger partial charge in [0.1, 0.15) is 0 Å². The maximum Gasteiger partial charge on any atom is 0.191 e. The van der Waals surface area contributed by atoms with Crippen LogP contribution in [0.3, 0.4) is 0 Å². The van der Waals surface area contributed by atoms with Crippen molar-refractivity contribution in [1.82, 2.24) is 10.6 Å².